The number of carbonyl (C=O) groups is 3. The Balaban J connectivity index is 2.15. The smallest absolute Gasteiger partial charge is 0.327 e. The molecule has 0 aliphatic carbocycles. The van der Waals surface area contributed by atoms with Crippen LogP contribution in [0.3, 0.4) is 0 Å². The van der Waals surface area contributed by atoms with Crippen molar-refractivity contribution < 1.29 is 19.5 Å². The molecule has 8 heteroatoms. The van der Waals surface area contributed by atoms with Gasteiger partial charge in [0, 0.05) is 31.2 Å². The predicted molar refractivity (Wildman–Crippen MR) is 68.2 cm³/mol. The van der Waals surface area contributed by atoms with Crippen LogP contribution < -0.4 is 9.44 Å². The Labute approximate surface area is 114 Å². The minimum absolute atomic E-state index is 0.0215. The van der Waals surface area contributed by atoms with Crippen LogP contribution in [0.5, 0.6) is 0 Å². The molecular weight excluding hydrogens is 270 g/mol. The second kappa shape index (κ2) is 5.52. The first-order chi connectivity index (χ1) is 8.99. The van der Waals surface area contributed by atoms with Crippen LogP contribution in [0.1, 0.15) is 26.2 Å². The minimum atomic E-state index is -1.17. The van der Waals surface area contributed by atoms with E-state index < -0.39 is 23.8 Å². The van der Waals surface area contributed by atoms with Gasteiger partial charge in [-0.25, -0.2) is 4.79 Å². The molecule has 3 N–H and O–H groups in total. The average molecular weight is 285 g/mol. The van der Waals surface area contributed by atoms with E-state index in [1.54, 1.807) is 6.20 Å². The van der Waals surface area contributed by atoms with Gasteiger partial charge < -0.3 is 14.6 Å². The van der Waals surface area contributed by atoms with Crippen LogP contribution in [0.4, 0.5) is 0 Å². The van der Waals surface area contributed by atoms with Crippen LogP contribution >= 0.6 is 12.1 Å². The van der Waals surface area contributed by atoms with Crippen LogP contribution in [0, 0.1) is 5.92 Å². The fourth-order valence-corrected chi connectivity index (χ4v) is 2.71. The normalized spacial score (nSPS) is 21.7. The molecule has 0 spiro atoms. The van der Waals surface area contributed by atoms with Gasteiger partial charge in [-0.15, -0.1) is 0 Å². The van der Waals surface area contributed by atoms with Gasteiger partial charge >= 0.3 is 5.97 Å². The molecule has 2 aliphatic heterocycles. The zero-order valence-corrected chi connectivity index (χ0v) is 11.2. The quantitative estimate of drug-likeness (QED) is 0.501. The van der Waals surface area contributed by atoms with Crippen molar-refractivity contribution in [2.45, 2.75) is 32.2 Å². The van der Waals surface area contributed by atoms with E-state index in [0.717, 1.165) is 4.90 Å². The highest BCUT2D eigenvalue weighted by Gasteiger charge is 2.39. The van der Waals surface area contributed by atoms with E-state index in [1.807, 2.05) is 6.92 Å². The fourth-order valence-electron chi connectivity index (χ4n) is 2.17. The standard InChI is InChI=1S/C11H15N3O4S/c1-6-2-9(15)14(10(16)3-6)8(11(17)18)4-7-5-12-19-13-7/h5-6,8,12-13H,2-4H2,1H3,(H,17,18). The highest BCUT2D eigenvalue weighted by atomic mass is 32.2. The van der Waals surface area contributed by atoms with Gasteiger partial charge in [-0.2, -0.15) is 0 Å². The SMILES string of the molecule is CC1CC(=O)N(C(CC2=CNSN2)C(=O)O)C(=O)C1. The van der Waals surface area contributed by atoms with Gasteiger partial charge in [0.25, 0.3) is 0 Å². The van der Waals surface area contributed by atoms with E-state index in [0.29, 0.717) is 5.70 Å². The number of aliphatic carboxylic acids is 1. The van der Waals surface area contributed by atoms with Crippen LogP contribution in [0.2, 0.25) is 0 Å². The molecule has 2 aliphatic rings. The van der Waals surface area contributed by atoms with E-state index >= 15 is 0 Å². The summed E-state index contributed by atoms with van der Waals surface area (Å²) < 4.78 is 5.68. The molecule has 1 fully saturated rings. The van der Waals surface area contributed by atoms with Gasteiger partial charge in [0.1, 0.15) is 6.04 Å². The van der Waals surface area contributed by atoms with Crippen molar-refractivity contribution in [3.8, 4) is 0 Å². The van der Waals surface area contributed by atoms with E-state index in [-0.39, 0.29) is 25.2 Å². The molecular formula is C11H15N3O4S. The molecule has 1 atom stereocenters. The topological polar surface area (TPSA) is 98.7 Å². The third-order valence-electron chi connectivity index (χ3n) is 3.07. The predicted octanol–water partition coefficient (Wildman–Crippen LogP) is 0.212. The Morgan fingerprint density at radius 3 is 2.63 bits per heavy atom. The summed E-state index contributed by atoms with van der Waals surface area (Å²) in [6.07, 6.45) is 2.15. The van der Waals surface area contributed by atoms with Crippen LogP contribution in [0.25, 0.3) is 0 Å². The van der Waals surface area contributed by atoms with Crippen molar-refractivity contribution in [3.63, 3.8) is 0 Å². The Morgan fingerprint density at radius 1 is 1.53 bits per heavy atom. The van der Waals surface area contributed by atoms with Crippen LogP contribution in [0.15, 0.2) is 11.9 Å². The maximum absolute atomic E-state index is 11.9. The molecule has 0 radical (unpaired) electrons. The number of nitrogens with zero attached hydrogens (tertiary/aromatic N) is 1. The molecule has 0 bridgehead atoms. The van der Waals surface area contributed by atoms with Crippen molar-refractivity contribution >= 4 is 29.9 Å². The second-order valence-electron chi connectivity index (χ2n) is 4.72. The number of carboxylic acids is 1. The number of imide groups is 1. The van der Waals surface area contributed by atoms with Crippen molar-refractivity contribution in [3.05, 3.63) is 11.9 Å². The molecule has 0 aromatic heterocycles. The van der Waals surface area contributed by atoms with Crippen molar-refractivity contribution in [1.29, 1.82) is 0 Å². The van der Waals surface area contributed by atoms with Crippen LogP contribution in [-0.4, -0.2) is 33.8 Å². The molecule has 0 aromatic carbocycles. The van der Waals surface area contributed by atoms with Crippen molar-refractivity contribution in [2.24, 2.45) is 5.92 Å². The lowest BCUT2D eigenvalue weighted by Crippen LogP contribution is -2.52. The Hall–Kier alpha value is -1.70. The lowest BCUT2D eigenvalue weighted by Gasteiger charge is -2.32. The summed E-state index contributed by atoms with van der Waals surface area (Å²) in [4.78, 5) is 36.1. The molecule has 2 rings (SSSR count). The monoisotopic (exact) mass is 285 g/mol. The lowest BCUT2D eigenvalue weighted by atomic mass is 9.95. The molecule has 19 heavy (non-hydrogen) atoms. The number of carboxylic acid groups (broad SMARTS) is 1. The molecule has 0 aromatic rings. The summed E-state index contributed by atoms with van der Waals surface area (Å²) in [6.45, 7) is 1.81. The zero-order chi connectivity index (χ0) is 14.0. The number of amides is 2. The molecule has 1 unspecified atom stereocenters. The third kappa shape index (κ3) is 3.01. The van der Waals surface area contributed by atoms with E-state index in [1.165, 1.54) is 12.1 Å². The fraction of sp³-hybridized carbons (Fsp3) is 0.545. The number of carbonyl (C=O) groups excluding carboxylic acids is 2. The molecule has 7 nitrogen and oxygen atoms in total. The highest BCUT2D eigenvalue weighted by Crippen LogP contribution is 2.24. The summed E-state index contributed by atoms with van der Waals surface area (Å²) in [6, 6.07) is -1.15. The van der Waals surface area contributed by atoms with Gasteiger partial charge in [-0.05, 0) is 5.92 Å². The molecule has 104 valence electrons. The van der Waals surface area contributed by atoms with Gasteiger partial charge in [0.05, 0.1) is 12.1 Å². The third-order valence-corrected chi connectivity index (χ3v) is 3.67. The van der Waals surface area contributed by atoms with Gasteiger partial charge in [-0.3, -0.25) is 14.5 Å². The first-order valence-corrected chi connectivity index (χ1v) is 6.74. The highest BCUT2D eigenvalue weighted by molar-refractivity contribution is 7.95. The summed E-state index contributed by atoms with van der Waals surface area (Å²) >= 11 is 1.21. The number of likely N-dealkylation sites (tertiary alicyclic amines) is 1. The maximum atomic E-state index is 11.9. The van der Waals surface area contributed by atoms with Crippen LogP contribution in [-0.2, 0) is 14.4 Å². The minimum Gasteiger partial charge on any atom is -0.480 e. The summed E-state index contributed by atoms with van der Waals surface area (Å²) in [5.41, 5.74) is 0.650. The van der Waals surface area contributed by atoms with Gasteiger partial charge in [0.15, 0.2) is 0 Å². The van der Waals surface area contributed by atoms with E-state index in [9.17, 15) is 19.5 Å². The molecule has 1 saturated heterocycles. The molecule has 0 saturated carbocycles. The summed E-state index contributed by atoms with van der Waals surface area (Å²) in [5.74, 6) is -2.01. The first kappa shape index (κ1) is 13.7. The molecule has 2 amide bonds. The lowest BCUT2D eigenvalue weighted by molar-refractivity contribution is -0.161. The first-order valence-electron chi connectivity index (χ1n) is 5.93. The van der Waals surface area contributed by atoms with Gasteiger partial charge in [-0.1, -0.05) is 6.92 Å². The summed E-state index contributed by atoms with van der Waals surface area (Å²) in [7, 11) is 0. The van der Waals surface area contributed by atoms with E-state index in [4.69, 9.17) is 0 Å². The second-order valence-corrected chi connectivity index (χ2v) is 5.36. The van der Waals surface area contributed by atoms with Crippen molar-refractivity contribution in [2.75, 3.05) is 0 Å². The number of hydrogen-bond donors (Lipinski definition) is 3. The largest absolute Gasteiger partial charge is 0.480 e. The van der Waals surface area contributed by atoms with E-state index in [2.05, 4.69) is 9.44 Å². The number of piperidine rings is 1. The number of hydrogen-bond acceptors (Lipinski definition) is 6. The summed E-state index contributed by atoms with van der Waals surface area (Å²) in [5, 5.41) is 9.26. The number of nitrogens with one attached hydrogen (secondary N) is 2. The van der Waals surface area contributed by atoms with Gasteiger partial charge in [0.2, 0.25) is 11.8 Å². The number of rotatable bonds is 4. The Kier molecular flexibility index (Phi) is 3.98. The Bertz CT molecular complexity index is 433. The zero-order valence-electron chi connectivity index (χ0n) is 10.4. The average Bonchev–Trinajstić information content (AvgIpc) is 2.78. The maximum Gasteiger partial charge on any atom is 0.327 e. The Morgan fingerprint density at radius 2 is 2.16 bits per heavy atom. The molecule has 2 heterocycles. The van der Waals surface area contributed by atoms with Crippen molar-refractivity contribution in [1.82, 2.24) is 14.3 Å².